The highest BCUT2D eigenvalue weighted by Gasteiger charge is 2.32. The van der Waals surface area contributed by atoms with Crippen LogP contribution in [-0.2, 0) is 10.0 Å². The molecular formula is C23H27N3O5S. The van der Waals surface area contributed by atoms with Gasteiger partial charge in [-0.25, -0.2) is 0 Å². The number of hydrogen-bond donors (Lipinski definition) is 1. The minimum absolute atomic E-state index is 0.0717. The number of nitrogens with one attached hydrogen (secondary N) is 1. The maximum Gasteiger partial charge on any atom is 0.286 e. The van der Waals surface area contributed by atoms with Gasteiger partial charge in [0.15, 0.2) is 0 Å². The SMILES string of the molecule is COc1ccc(OC)c([C@@H](C)NC(=O)c2ccc3c(c2)S(=O)(=O)N=C2CCCCCN23)c1. The van der Waals surface area contributed by atoms with E-state index in [0.29, 0.717) is 29.4 Å². The molecule has 0 saturated carbocycles. The maximum atomic E-state index is 13.0. The highest BCUT2D eigenvalue weighted by Crippen LogP contribution is 2.35. The van der Waals surface area contributed by atoms with Crippen molar-refractivity contribution in [2.24, 2.45) is 4.40 Å². The molecule has 0 aliphatic carbocycles. The second-order valence-electron chi connectivity index (χ2n) is 7.93. The Morgan fingerprint density at radius 2 is 1.91 bits per heavy atom. The normalized spacial score (nSPS) is 17.8. The molecular weight excluding hydrogens is 430 g/mol. The number of fused-ring (bicyclic) bond motifs is 3. The molecule has 2 aromatic rings. The van der Waals surface area contributed by atoms with E-state index in [1.807, 2.05) is 11.8 Å². The van der Waals surface area contributed by atoms with Crippen LogP contribution in [0, 0.1) is 0 Å². The van der Waals surface area contributed by atoms with Gasteiger partial charge in [-0.2, -0.15) is 8.42 Å². The van der Waals surface area contributed by atoms with Crippen LogP contribution in [0.3, 0.4) is 0 Å². The Morgan fingerprint density at radius 3 is 2.66 bits per heavy atom. The maximum absolute atomic E-state index is 13.0. The third kappa shape index (κ3) is 4.17. The first kappa shape index (κ1) is 22.1. The van der Waals surface area contributed by atoms with Gasteiger partial charge >= 0.3 is 0 Å². The molecule has 2 heterocycles. The summed E-state index contributed by atoms with van der Waals surface area (Å²) < 4.78 is 40.4. The quantitative estimate of drug-likeness (QED) is 0.736. The highest BCUT2D eigenvalue weighted by atomic mass is 32.2. The van der Waals surface area contributed by atoms with Crippen LogP contribution in [0.2, 0.25) is 0 Å². The molecule has 2 aliphatic heterocycles. The smallest absolute Gasteiger partial charge is 0.286 e. The topological polar surface area (TPSA) is 97.3 Å². The van der Waals surface area contributed by atoms with Gasteiger partial charge in [-0.05, 0) is 56.2 Å². The third-order valence-corrected chi connectivity index (χ3v) is 7.19. The number of benzene rings is 2. The molecule has 32 heavy (non-hydrogen) atoms. The van der Waals surface area contributed by atoms with Gasteiger partial charge in [0.1, 0.15) is 22.2 Å². The lowest BCUT2D eigenvalue weighted by molar-refractivity contribution is 0.0939. The number of hydrogen-bond acceptors (Lipinski definition) is 6. The van der Waals surface area contributed by atoms with Crippen molar-refractivity contribution in [1.29, 1.82) is 0 Å². The van der Waals surface area contributed by atoms with E-state index in [9.17, 15) is 13.2 Å². The Balaban J connectivity index is 1.62. The Morgan fingerprint density at radius 1 is 1.09 bits per heavy atom. The van der Waals surface area contributed by atoms with Gasteiger partial charge in [-0.15, -0.1) is 4.40 Å². The molecule has 1 fully saturated rings. The monoisotopic (exact) mass is 457 g/mol. The number of amides is 1. The van der Waals surface area contributed by atoms with Crippen LogP contribution >= 0.6 is 0 Å². The lowest BCUT2D eigenvalue weighted by Gasteiger charge is -2.29. The van der Waals surface area contributed by atoms with Gasteiger partial charge in [-0.3, -0.25) is 4.79 Å². The first-order valence-electron chi connectivity index (χ1n) is 10.6. The molecule has 2 aromatic carbocycles. The summed E-state index contributed by atoms with van der Waals surface area (Å²) in [5.41, 5.74) is 1.61. The molecule has 2 aliphatic rings. The number of rotatable bonds is 5. The summed E-state index contributed by atoms with van der Waals surface area (Å²) in [5.74, 6) is 1.47. The van der Waals surface area contributed by atoms with Crippen molar-refractivity contribution in [1.82, 2.24) is 5.32 Å². The van der Waals surface area contributed by atoms with Crippen molar-refractivity contribution < 1.29 is 22.7 Å². The minimum atomic E-state index is -3.86. The van der Waals surface area contributed by atoms with Gasteiger partial charge in [-0.1, -0.05) is 6.42 Å². The Kier molecular flexibility index (Phi) is 6.10. The largest absolute Gasteiger partial charge is 0.497 e. The number of anilines is 1. The number of sulfonamides is 1. The second kappa shape index (κ2) is 8.82. The fourth-order valence-electron chi connectivity index (χ4n) is 4.16. The van der Waals surface area contributed by atoms with Crippen molar-refractivity contribution in [3.63, 3.8) is 0 Å². The van der Waals surface area contributed by atoms with Gasteiger partial charge in [0.05, 0.1) is 25.9 Å². The summed E-state index contributed by atoms with van der Waals surface area (Å²) >= 11 is 0. The molecule has 4 rings (SSSR count). The fraction of sp³-hybridized carbons (Fsp3) is 0.391. The lowest BCUT2D eigenvalue weighted by atomic mass is 10.1. The van der Waals surface area contributed by atoms with Crippen LogP contribution in [0.4, 0.5) is 5.69 Å². The molecule has 1 saturated heterocycles. The van der Waals surface area contributed by atoms with Crippen LogP contribution in [0.1, 0.15) is 54.6 Å². The number of carbonyl (C=O) groups is 1. The van der Waals surface area contributed by atoms with Crippen LogP contribution in [0.25, 0.3) is 0 Å². The Labute approximate surface area is 188 Å². The van der Waals surface area contributed by atoms with E-state index >= 15 is 0 Å². The second-order valence-corrected chi connectivity index (χ2v) is 9.50. The highest BCUT2D eigenvalue weighted by molar-refractivity contribution is 7.90. The third-order valence-electron chi connectivity index (χ3n) is 5.86. The standard InChI is InChI=1S/C23H27N3O5S/c1-15(18-14-17(30-2)9-11-20(18)31-3)24-23(27)16-8-10-19-21(13-16)32(28,29)25-22-7-5-4-6-12-26(19)22/h8-11,13-15H,4-7,12H2,1-3H3,(H,24,27)/t15-/m1/s1. The molecule has 9 heteroatoms. The summed E-state index contributed by atoms with van der Waals surface area (Å²) in [6.07, 6.45) is 3.57. The summed E-state index contributed by atoms with van der Waals surface area (Å²) in [7, 11) is -0.724. The van der Waals surface area contributed by atoms with E-state index in [1.165, 1.54) is 6.07 Å². The minimum Gasteiger partial charge on any atom is -0.497 e. The van der Waals surface area contributed by atoms with Crippen molar-refractivity contribution in [2.45, 2.75) is 43.5 Å². The number of carbonyl (C=O) groups excluding carboxylic acids is 1. The van der Waals surface area contributed by atoms with Crippen molar-refractivity contribution in [3.8, 4) is 11.5 Å². The van der Waals surface area contributed by atoms with Crippen molar-refractivity contribution in [2.75, 3.05) is 25.7 Å². The summed E-state index contributed by atoms with van der Waals surface area (Å²) in [6.45, 7) is 2.55. The molecule has 0 bridgehead atoms. The van der Waals surface area contributed by atoms with Gasteiger partial charge in [0, 0.05) is 24.1 Å². The van der Waals surface area contributed by atoms with Gasteiger partial charge in [0.2, 0.25) is 0 Å². The zero-order valence-electron chi connectivity index (χ0n) is 18.4. The first-order valence-corrected chi connectivity index (χ1v) is 12.1. The number of ether oxygens (including phenoxy) is 2. The van der Waals surface area contributed by atoms with Crippen LogP contribution in [0.15, 0.2) is 45.7 Å². The molecule has 0 aromatic heterocycles. The average Bonchev–Trinajstić information content (AvgIpc) is 3.03. The Hall–Kier alpha value is -3.07. The van der Waals surface area contributed by atoms with Crippen molar-refractivity contribution >= 4 is 27.5 Å². The average molecular weight is 458 g/mol. The molecule has 0 unspecified atom stereocenters. The van der Waals surface area contributed by atoms with Crippen LogP contribution in [0.5, 0.6) is 11.5 Å². The number of amidine groups is 1. The van der Waals surface area contributed by atoms with E-state index in [-0.39, 0.29) is 16.4 Å². The van der Waals surface area contributed by atoms with Crippen LogP contribution < -0.4 is 19.7 Å². The zero-order chi connectivity index (χ0) is 22.9. The first-order chi connectivity index (χ1) is 15.3. The molecule has 8 nitrogen and oxygen atoms in total. The molecule has 1 N–H and O–H groups in total. The molecule has 170 valence electrons. The lowest BCUT2D eigenvalue weighted by Crippen LogP contribution is -2.35. The zero-order valence-corrected chi connectivity index (χ0v) is 19.2. The van der Waals surface area contributed by atoms with E-state index < -0.39 is 16.1 Å². The predicted molar refractivity (Wildman–Crippen MR) is 122 cm³/mol. The van der Waals surface area contributed by atoms with Crippen LogP contribution in [-0.4, -0.2) is 40.9 Å². The Bertz CT molecular complexity index is 1180. The predicted octanol–water partition coefficient (Wildman–Crippen LogP) is 3.68. The number of nitrogens with zero attached hydrogens (tertiary/aromatic N) is 2. The molecule has 0 radical (unpaired) electrons. The molecule has 1 amide bonds. The molecule has 0 spiro atoms. The van der Waals surface area contributed by atoms with E-state index in [1.54, 1.807) is 44.6 Å². The summed E-state index contributed by atoms with van der Waals surface area (Å²) in [5, 5.41) is 2.92. The summed E-state index contributed by atoms with van der Waals surface area (Å²) in [4.78, 5) is 15.0. The number of methoxy groups -OCH3 is 2. The fourth-order valence-corrected chi connectivity index (χ4v) is 5.44. The summed E-state index contributed by atoms with van der Waals surface area (Å²) in [6, 6.07) is 9.75. The van der Waals surface area contributed by atoms with Gasteiger partial charge < -0.3 is 19.7 Å². The van der Waals surface area contributed by atoms with E-state index in [4.69, 9.17) is 9.47 Å². The van der Waals surface area contributed by atoms with Gasteiger partial charge in [0.25, 0.3) is 15.9 Å². The van der Waals surface area contributed by atoms with E-state index in [0.717, 1.165) is 31.4 Å². The molecule has 1 atom stereocenters. The van der Waals surface area contributed by atoms with E-state index in [2.05, 4.69) is 9.71 Å². The van der Waals surface area contributed by atoms with Crippen molar-refractivity contribution in [3.05, 3.63) is 47.5 Å².